The van der Waals surface area contributed by atoms with E-state index in [1.807, 2.05) is 12.1 Å². The molecule has 4 heteroatoms. The average molecular weight is 261 g/mol. The molecule has 1 aliphatic heterocycles. The number of carbonyl (C=O) groups excluding carboxylic acids is 1. The number of aromatic nitrogens is 1. The molecule has 4 nitrogen and oxygen atoms in total. The van der Waals surface area contributed by atoms with Crippen LogP contribution in [0.3, 0.4) is 0 Å². The monoisotopic (exact) mass is 261 g/mol. The van der Waals surface area contributed by atoms with Gasteiger partial charge in [0, 0.05) is 25.4 Å². The molecule has 1 aliphatic rings. The topological polar surface area (TPSA) is 54.0 Å². The van der Waals surface area contributed by atoms with Gasteiger partial charge in [0.05, 0.1) is 0 Å². The number of carbonyl (C=O) groups is 1. The molecule has 2 rings (SSSR count). The standard InChI is InChI=1S/C15H23N3O/c19-15(4-3-13-5-9-16-10-6-13)18-11-7-14-2-1-8-17-12-14/h5-6,9-10,14,17H,1-4,7-8,11-12H2,(H,18,19). The largest absolute Gasteiger partial charge is 0.356 e. The van der Waals surface area contributed by atoms with Gasteiger partial charge in [-0.25, -0.2) is 0 Å². The smallest absolute Gasteiger partial charge is 0.220 e. The van der Waals surface area contributed by atoms with Crippen LogP contribution < -0.4 is 10.6 Å². The average Bonchev–Trinajstić information content (AvgIpc) is 2.47. The van der Waals surface area contributed by atoms with E-state index in [0.717, 1.165) is 38.4 Å². The summed E-state index contributed by atoms with van der Waals surface area (Å²) in [5, 5.41) is 6.42. The summed E-state index contributed by atoms with van der Waals surface area (Å²) < 4.78 is 0. The lowest BCUT2D eigenvalue weighted by atomic mass is 9.96. The summed E-state index contributed by atoms with van der Waals surface area (Å²) in [5.41, 5.74) is 1.17. The van der Waals surface area contributed by atoms with Gasteiger partial charge < -0.3 is 10.6 Å². The third-order valence-corrected chi connectivity index (χ3v) is 3.66. The Hall–Kier alpha value is -1.42. The van der Waals surface area contributed by atoms with Crippen molar-refractivity contribution >= 4 is 5.91 Å². The second kappa shape index (κ2) is 7.89. The summed E-state index contributed by atoms with van der Waals surface area (Å²) in [7, 11) is 0. The second-order valence-corrected chi connectivity index (χ2v) is 5.21. The molecule has 1 aromatic heterocycles. The maximum Gasteiger partial charge on any atom is 0.220 e. The Kier molecular flexibility index (Phi) is 5.82. The molecule has 1 unspecified atom stereocenters. The molecule has 1 amide bonds. The molecule has 1 saturated heterocycles. The van der Waals surface area contributed by atoms with E-state index in [4.69, 9.17) is 0 Å². The van der Waals surface area contributed by atoms with Gasteiger partial charge in [-0.1, -0.05) is 0 Å². The highest BCUT2D eigenvalue weighted by Crippen LogP contribution is 2.12. The first-order valence-corrected chi connectivity index (χ1v) is 7.21. The lowest BCUT2D eigenvalue weighted by molar-refractivity contribution is -0.121. The Morgan fingerprint density at radius 1 is 1.42 bits per heavy atom. The van der Waals surface area contributed by atoms with Crippen molar-refractivity contribution in [3.8, 4) is 0 Å². The van der Waals surface area contributed by atoms with E-state index in [-0.39, 0.29) is 5.91 Å². The lowest BCUT2D eigenvalue weighted by Gasteiger charge is -2.22. The van der Waals surface area contributed by atoms with Crippen LogP contribution in [0.25, 0.3) is 0 Å². The molecule has 1 aromatic rings. The molecule has 0 bridgehead atoms. The Morgan fingerprint density at radius 2 is 2.26 bits per heavy atom. The zero-order valence-electron chi connectivity index (χ0n) is 11.4. The van der Waals surface area contributed by atoms with E-state index < -0.39 is 0 Å². The van der Waals surface area contributed by atoms with E-state index in [9.17, 15) is 4.79 Å². The maximum atomic E-state index is 11.7. The molecule has 19 heavy (non-hydrogen) atoms. The van der Waals surface area contributed by atoms with E-state index in [1.165, 1.54) is 18.4 Å². The summed E-state index contributed by atoms with van der Waals surface area (Å²) >= 11 is 0. The summed E-state index contributed by atoms with van der Waals surface area (Å²) in [6, 6.07) is 3.92. The van der Waals surface area contributed by atoms with Gasteiger partial charge in [-0.3, -0.25) is 9.78 Å². The number of rotatable bonds is 6. The minimum absolute atomic E-state index is 0.153. The van der Waals surface area contributed by atoms with Gasteiger partial charge in [-0.05, 0) is 62.4 Å². The Bertz CT molecular complexity index is 374. The molecule has 2 heterocycles. The van der Waals surface area contributed by atoms with Gasteiger partial charge in [0.1, 0.15) is 0 Å². The molecule has 0 aromatic carbocycles. The van der Waals surface area contributed by atoms with Crippen LogP contribution in [0.1, 0.15) is 31.2 Å². The van der Waals surface area contributed by atoms with Crippen LogP contribution in [0.15, 0.2) is 24.5 Å². The highest BCUT2D eigenvalue weighted by molar-refractivity contribution is 5.76. The van der Waals surface area contributed by atoms with Crippen molar-refractivity contribution in [2.45, 2.75) is 32.1 Å². The first kappa shape index (κ1) is 14.0. The number of nitrogens with one attached hydrogen (secondary N) is 2. The van der Waals surface area contributed by atoms with Crippen molar-refractivity contribution in [2.75, 3.05) is 19.6 Å². The number of hydrogen-bond acceptors (Lipinski definition) is 3. The highest BCUT2D eigenvalue weighted by atomic mass is 16.1. The van der Waals surface area contributed by atoms with Crippen LogP contribution >= 0.6 is 0 Å². The Morgan fingerprint density at radius 3 is 3.00 bits per heavy atom. The van der Waals surface area contributed by atoms with Crippen molar-refractivity contribution in [1.29, 1.82) is 0 Å². The van der Waals surface area contributed by atoms with Crippen molar-refractivity contribution in [3.63, 3.8) is 0 Å². The van der Waals surface area contributed by atoms with Crippen LogP contribution in [0.4, 0.5) is 0 Å². The highest BCUT2D eigenvalue weighted by Gasteiger charge is 2.12. The van der Waals surface area contributed by atoms with Crippen molar-refractivity contribution in [1.82, 2.24) is 15.6 Å². The van der Waals surface area contributed by atoms with Crippen LogP contribution in [0, 0.1) is 5.92 Å². The first-order valence-electron chi connectivity index (χ1n) is 7.21. The van der Waals surface area contributed by atoms with E-state index in [0.29, 0.717) is 6.42 Å². The zero-order valence-corrected chi connectivity index (χ0v) is 11.4. The number of hydrogen-bond donors (Lipinski definition) is 2. The van der Waals surface area contributed by atoms with Gasteiger partial charge in [-0.2, -0.15) is 0 Å². The number of nitrogens with zero attached hydrogens (tertiary/aromatic N) is 1. The fourth-order valence-corrected chi connectivity index (χ4v) is 2.48. The summed E-state index contributed by atoms with van der Waals surface area (Å²) in [6.45, 7) is 3.06. The summed E-state index contributed by atoms with van der Waals surface area (Å²) in [6.07, 6.45) is 8.54. The van der Waals surface area contributed by atoms with Crippen molar-refractivity contribution < 1.29 is 4.79 Å². The molecule has 1 fully saturated rings. The number of aryl methyl sites for hydroxylation is 1. The van der Waals surface area contributed by atoms with Gasteiger partial charge in [-0.15, -0.1) is 0 Å². The molecular weight excluding hydrogens is 238 g/mol. The molecular formula is C15H23N3O. The molecule has 0 spiro atoms. The zero-order chi connectivity index (χ0) is 13.3. The van der Waals surface area contributed by atoms with Gasteiger partial charge in [0.25, 0.3) is 0 Å². The first-order chi connectivity index (χ1) is 9.34. The Balaban J connectivity index is 1.57. The molecule has 0 aliphatic carbocycles. The number of amides is 1. The Labute approximate surface area is 115 Å². The minimum atomic E-state index is 0.153. The lowest BCUT2D eigenvalue weighted by Crippen LogP contribution is -2.33. The quantitative estimate of drug-likeness (QED) is 0.816. The normalized spacial score (nSPS) is 19.1. The van der Waals surface area contributed by atoms with E-state index >= 15 is 0 Å². The van der Waals surface area contributed by atoms with E-state index in [2.05, 4.69) is 15.6 Å². The third kappa shape index (κ3) is 5.39. The van der Waals surface area contributed by atoms with Crippen molar-refractivity contribution in [2.24, 2.45) is 5.92 Å². The molecule has 104 valence electrons. The van der Waals surface area contributed by atoms with Crippen LogP contribution in [-0.2, 0) is 11.2 Å². The minimum Gasteiger partial charge on any atom is -0.356 e. The van der Waals surface area contributed by atoms with Gasteiger partial charge in [0.15, 0.2) is 0 Å². The van der Waals surface area contributed by atoms with Crippen LogP contribution in [0.5, 0.6) is 0 Å². The molecule has 0 saturated carbocycles. The van der Waals surface area contributed by atoms with Crippen molar-refractivity contribution in [3.05, 3.63) is 30.1 Å². The van der Waals surface area contributed by atoms with Crippen LogP contribution in [0.2, 0.25) is 0 Å². The SMILES string of the molecule is O=C(CCc1ccncc1)NCCC1CCCNC1. The molecule has 2 N–H and O–H groups in total. The van der Waals surface area contributed by atoms with Gasteiger partial charge >= 0.3 is 0 Å². The molecule has 1 atom stereocenters. The number of pyridine rings is 1. The fourth-order valence-electron chi connectivity index (χ4n) is 2.48. The summed E-state index contributed by atoms with van der Waals surface area (Å²) in [4.78, 5) is 15.7. The van der Waals surface area contributed by atoms with Gasteiger partial charge in [0.2, 0.25) is 5.91 Å². The van der Waals surface area contributed by atoms with Crippen LogP contribution in [-0.4, -0.2) is 30.5 Å². The molecule has 0 radical (unpaired) electrons. The number of piperidine rings is 1. The fraction of sp³-hybridized carbons (Fsp3) is 0.600. The van der Waals surface area contributed by atoms with E-state index in [1.54, 1.807) is 12.4 Å². The predicted molar refractivity (Wildman–Crippen MR) is 75.8 cm³/mol. The summed E-state index contributed by atoms with van der Waals surface area (Å²) in [5.74, 6) is 0.884. The predicted octanol–water partition coefficient (Wildman–Crippen LogP) is 1.52. The maximum absolute atomic E-state index is 11.7. The third-order valence-electron chi connectivity index (χ3n) is 3.66. The second-order valence-electron chi connectivity index (χ2n) is 5.21.